The molecule has 1 fully saturated rings. The molecule has 0 aromatic heterocycles. The number of piperidine rings is 1. The molecule has 31 heavy (non-hydrogen) atoms. The Hall–Kier alpha value is -2.27. The van der Waals surface area contributed by atoms with Crippen molar-refractivity contribution in [3.05, 3.63) is 54.1 Å². The molecule has 1 aliphatic heterocycles. The molecule has 0 radical (unpaired) electrons. The number of nitrogens with zero attached hydrogens (tertiary/aromatic N) is 1. The fraction of sp³-hybridized carbons (Fsp3) is 0.381. The maximum absolute atomic E-state index is 12.7. The summed E-state index contributed by atoms with van der Waals surface area (Å²) in [6, 6.07) is 12.4. The topological polar surface area (TPSA) is 113 Å². The molecule has 2 aromatic carbocycles. The van der Waals surface area contributed by atoms with E-state index >= 15 is 0 Å². The third kappa shape index (κ3) is 6.13. The van der Waals surface area contributed by atoms with Gasteiger partial charge in [0, 0.05) is 31.7 Å². The summed E-state index contributed by atoms with van der Waals surface area (Å²) in [5.74, 6) is -0.377. The Balaban J connectivity index is 1.52. The number of aryl methyl sites for hydroxylation is 1. The van der Waals surface area contributed by atoms with E-state index in [-0.39, 0.29) is 28.7 Å². The first kappa shape index (κ1) is 23.4. The van der Waals surface area contributed by atoms with Crippen molar-refractivity contribution >= 4 is 31.6 Å². The number of hydrogen-bond acceptors (Lipinski definition) is 5. The van der Waals surface area contributed by atoms with Crippen molar-refractivity contribution in [2.75, 3.05) is 25.0 Å². The number of carbonyl (C=O) groups excluding carboxylic acids is 1. The molecule has 2 N–H and O–H groups in total. The summed E-state index contributed by atoms with van der Waals surface area (Å²) in [6.07, 6.45) is 2.71. The summed E-state index contributed by atoms with van der Waals surface area (Å²) in [6.45, 7) is 2.87. The molecule has 168 valence electrons. The minimum absolute atomic E-state index is 0.0521. The van der Waals surface area contributed by atoms with Gasteiger partial charge in [0.25, 0.3) is 0 Å². The molecule has 1 amide bonds. The molecule has 0 aliphatic carbocycles. The van der Waals surface area contributed by atoms with Crippen molar-refractivity contribution in [1.82, 2.24) is 9.03 Å². The van der Waals surface area contributed by atoms with Crippen LogP contribution in [0.5, 0.6) is 0 Å². The van der Waals surface area contributed by atoms with Gasteiger partial charge in [-0.3, -0.25) is 4.79 Å². The molecule has 10 heteroatoms. The fourth-order valence-corrected chi connectivity index (χ4v) is 5.84. The number of anilines is 1. The van der Waals surface area contributed by atoms with E-state index in [0.29, 0.717) is 18.8 Å². The van der Waals surface area contributed by atoms with Gasteiger partial charge in [0.2, 0.25) is 26.0 Å². The van der Waals surface area contributed by atoms with Gasteiger partial charge in [-0.1, -0.05) is 24.1 Å². The molecular formula is C21H27N3O5S2. The van der Waals surface area contributed by atoms with Crippen molar-refractivity contribution in [1.29, 1.82) is 0 Å². The maximum atomic E-state index is 12.7. The minimum Gasteiger partial charge on any atom is -0.326 e. The second-order valence-corrected chi connectivity index (χ2v) is 11.2. The predicted molar refractivity (Wildman–Crippen MR) is 119 cm³/mol. The molecule has 0 unspecified atom stereocenters. The molecule has 2 aromatic rings. The van der Waals surface area contributed by atoms with Crippen LogP contribution in [0.1, 0.15) is 31.2 Å². The Morgan fingerprint density at radius 3 is 2.06 bits per heavy atom. The van der Waals surface area contributed by atoms with Crippen molar-refractivity contribution in [3.8, 4) is 0 Å². The van der Waals surface area contributed by atoms with Crippen LogP contribution in [0.4, 0.5) is 5.69 Å². The number of rotatable bonds is 8. The van der Waals surface area contributed by atoms with Gasteiger partial charge in [-0.05, 0) is 56.2 Å². The Kier molecular flexibility index (Phi) is 7.47. The van der Waals surface area contributed by atoms with E-state index in [1.165, 1.54) is 40.7 Å². The van der Waals surface area contributed by atoms with Crippen LogP contribution >= 0.6 is 0 Å². The van der Waals surface area contributed by atoms with Gasteiger partial charge in [-0.2, -0.15) is 4.31 Å². The molecule has 0 bridgehead atoms. The molecule has 3 rings (SSSR count). The third-order valence-electron chi connectivity index (χ3n) is 5.07. The molecule has 0 spiro atoms. The quantitative estimate of drug-likeness (QED) is 0.622. The number of carbonyl (C=O) groups is 1. The first-order chi connectivity index (χ1) is 14.7. The van der Waals surface area contributed by atoms with Crippen LogP contribution in [0, 0.1) is 6.92 Å². The number of hydrogen-bond donors (Lipinski definition) is 2. The average Bonchev–Trinajstić information content (AvgIpc) is 2.75. The highest BCUT2D eigenvalue weighted by Crippen LogP contribution is 2.22. The molecule has 1 aliphatic rings. The Bertz CT molecular complexity index is 1110. The Morgan fingerprint density at radius 2 is 1.45 bits per heavy atom. The van der Waals surface area contributed by atoms with Gasteiger partial charge in [0.15, 0.2) is 0 Å². The number of benzene rings is 2. The number of amides is 1. The zero-order chi connectivity index (χ0) is 22.5. The van der Waals surface area contributed by atoms with E-state index in [1.54, 1.807) is 12.1 Å². The second kappa shape index (κ2) is 9.90. The Labute approximate surface area is 183 Å². The summed E-state index contributed by atoms with van der Waals surface area (Å²) in [5.41, 5.74) is 1.40. The molecule has 8 nitrogen and oxygen atoms in total. The number of nitrogens with one attached hydrogen (secondary N) is 2. The standard InChI is InChI=1S/C21H27N3O5S2/c1-17-5-9-19(10-6-17)30(26,27)22-14-13-21(25)23-18-7-11-20(12-8-18)31(28,29)24-15-3-2-4-16-24/h5-12,22H,2-4,13-16H2,1H3,(H,23,25). The van der Waals surface area contributed by atoms with Gasteiger partial charge >= 0.3 is 0 Å². The lowest BCUT2D eigenvalue weighted by atomic mass is 10.2. The normalized spacial score (nSPS) is 15.5. The summed E-state index contributed by atoms with van der Waals surface area (Å²) in [4.78, 5) is 12.5. The molecule has 1 heterocycles. The lowest BCUT2D eigenvalue weighted by molar-refractivity contribution is -0.116. The van der Waals surface area contributed by atoms with Crippen LogP contribution in [0.25, 0.3) is 0 Å². The van der Waals surface area contributed by atoms with E-state index in [0.717, 1.165) is 24.8 Å². The number of sulfonamides is 2. The van der Waals surface area contributed by atoms with Gasteiger partial charge in [0.1, 0.15) is 0 Å². The van der Waals surface area contributed by atoms with Crippen molar-refractivity contribution in [2.45, 2.75) is 42.4 Å². The van der Waals surface area contributed by atoms with Gasteiger partial charge in [-0.25, -0.2) is 21.6 Å². The smallest absolute Gasteiger partial charge is 0.243 e. The monoisotopic (exact) mass is 465 g/mol. The van der Waals surface area contributed by atoms with E-state index in [9.17, 15) is 21.6 Å². The zero-order valence-electron chi connectivity index (χ0n) is 17.4. The molecule has 0 atom stereocenters. The largest absolute Gasteiger partial charge is 0.326 e. The third-order valence-corrected chi connectivity index (χ3v) is 8.46. The minimum atomic E-state index is -3.68. The zero-order valence-corrected chi connectivity index (χ0v) is 19.0. The molecule has 0 saturated carbocycles. The summed E-state index contributed by atoms with van der Waals surface area (Å²) in [7, 11) is -7.20. The average molecular weight is 466 g/mol. The second-order valence-electron chi connectivity index (χ2n) is 7.50. The van der Waals surface area contributed by atoms with Crippen LogP contribution in [-0.2, 0) is 24.8 Å². The predicted octanol–water partition coefficient (Wildman–Crippen LogP) is 2.48. The van der Waals surface area contributed by atoms with Gasteiger partial charge in [0.05, 0.1) is 9.79 Å². The van der Waals surface area contributed by atoms with Crippen molar-refractivity contribution < 1.29 is 21.6 Å². The summed E-state index contributed by atoms with van der Waals surface area (Å²) < 4.78 is 53.7. The lowest BCUT2D eigenvalue weighted by Crippen LogP contribution is -2.35. The van der Waals surface area contributed by atoms with Gasteiger partial charge in [-0.15, -0.1) is 0 Å². The first-order valence-electron chi connectivity index (χ1n) is 10.1. The van der Waals surface area contributed by atoms with Crippen molar-refractivity contribution in [3.63, 3.8) is 0 Å². The van der Waals surface area contributed by atoms with E-state index < -0.39 is 20.0 Å². The molecular weight excluding hydrogens is 438 g/mol. The van der Waals surface area contributed by atoms with Crippen LogP contribution in [0.3, 0.4) is 0 Å². The Morgan fingerprint density at radius 1 is 0.871 bits per heavy atom. The van der Waals surface area contributed by atoms with Crippen LogP contribution in [-0.4, -0.2) is 46.7 Å². The van der Waals surface area contributed by atoms with Crippen LogP contribution < -0.4 is 10.0 Å². The first-order valence-corrected chi connectivity index (χ1v) is 13.1. The fourth-order valence-electron chi connectivity index (χ4n) is 3.29. The van der Waals surface area contributed by atoms with Crippen LogP contribution in [0.2, 0.25) is 0 Å². The SMILES string of the molecule is Cc1ccc(S(=O)(=O)NCCC(=O)Nc2ccc(S(=O)(=O)N3CCCCC3)cc2)cc1. The molecule has 1 saturated heterocycles. The summed E-state index contributed by atoms with van der Waals surface area (Å²) in [5, 5.41) is 2.65. The van der Waals surface area contributed by atoms with Crippen LogP contribution in [0.15, 0.2) is 58.3 Å². The van der Waals surface area contributed by atoms with Gasteiger partial charge < -0.3 is 5.32 Å². The lowest BCUT2D eigenvalue weighted by Gasteiger charge is -2.25. The van der Waals surface area contributed by atoms with E-state index in [2.05, 4.69) is 10.0 Å². The highest BCUT2D eigenvalue weighted by atomic mass is 32.2. The maximum Gasteiger partial charge on any atom is 0.243 e. The highest BCUT2D eigenvalue weighted by Gasteiger charge is 2.25. The van der Waals surface area contributed by atoms with Crippen molar-refractivity contribution in [2.24, 2.45) is 0 Å². The van der Waals surface area contributed by atoms with E-state index in [1.807, 2.05) is 6.92 Å². The van der Waals surface area contributed by atoms with E-state index in [4.69, 9.17) is 0 Å². The highest BCUT2D eigenvalue weighted by molar-refractivity contribution is 7.89. The summed E-state index contributed by atoms with van der Waals surface area (Å²) >= 11 is 0.